The normalized spacial score (nSPS) is 19.2. The molecule has 19 heavy (non-hydrogen) atoms. The fourth-order valence-corrected chi connectivity index (χ4v) is 2.55. The second kappa shape index (κ2) is 6.45. The maximum atomic E-state index is 12.2. The first-order valence-corrected chi connectivity index (χ1v) is 6.98. The van der Waals surface area contributed by atoms with Crippen molar-refractivity contribution in [1.29, 1.82) is 0 Å². The topological polar surface area (TPSA) is 55.6 Å². The minimum atomic E-state index is 0.0865. The molecule has 0 spiro atoms. The van der Waals surface area contributed by atoms with Crippen molar-refractivity contribution in [2.45, 2.75) is 38.6 Å². The molecule has 1 aromatic carbocycles. The first-order valence-electron chi connectivity index (χ1n) is 6.98. The van der Waals surface area contributed by atoms with Crippen LogP contribution in [0.25, 0.3) is 0 Å². The number of nitrogen functional groups attached to an aromatic ring is 1. The third-order valence-corrected chi connectivity index (χ3v) is 3.66. The van der Waals surface area contributed by atoms with E-state index in [1.54, 1.807) is 24.3 Å². The fraction of sp³-hybridized carbons (Fsp3) is 0.533. The average molecular weight is 262 g/mol. The molecule has 0 saturated carbocycles. The summed E-state index contributed by atoms with van der Waals surface area (Å²) in [5.41, 5.74) is 6.30. The number of ether oxygens (including phenoxy) is 1. The molecule has 1 aromatic rings. The van der Waals surface area contributed by atoms with Crippen LogP contribution in [0.4, 0.5) is 5.69 Å². The largest absolute Gasteiger partial charge is 0.484 e. The molecular formula is C15H22N2O2. The maximum absolute atomic E-state index is 12.2. The summed E-state index contributed by atoms with van der Waals surface area (Å²) in [6.07, 6.45) is 4.46. The SMILES string of the molecule is CCC1CCCCN1C(=O)COc1ccc(N)cc1. The third kappa shape index (κ3) is 3.63. The molecule has 1 fully saturated rings. The van der Waals surface area contributed by atoms with Gasteiger partial charge in [0.1, 0.15) is 5.75 Å². The Morgan fingerprint density at radius 3 is 2.79 bits per heavy atom. The quantitative estimate of drug-likeness (QED) is 0.848. The summed E-state index contributed by atoms with van der Waals surface area (Å²) in [5, 5.41) is 0. The Labute approximate surface area is 114 Å². The van der Waals surface area contributed by atoms with E-state index in [1.807, 2.05) is 4.90 Å². The minimum Gasteiger partial charge on any atom is -0.484 e. The number of rotatable bonds is 4. The lowest BCUT2D eigenvalue weighted by molar-refractivity contribution is -0.137. The molecule has 2 rings (SSSR count). The van der Waals surface area contributed by atoms with E-state index in [-0.39, 0.29) is 12.5 Å². The number of nitrogens with two attached hydrogens (primary N) is 1. The number of amides is 1. The van der Waals surface area contributed by atoms with Crippen molar-refractivity contribution in [3.05, 3.63) is 24.3 Å². The van der Waals surface area contributed by atoms with Gasteiger partial charge in [-0.2, -0.15) is 0 Å². The number of anilines is 1. The highest BCUT2D eigenvalue weighted by molar-refractivity contribution is 5.78. The Hall–Kier alpha value is -1.71. The molecule has 0 bridgehead atoms. The summed E-state index contributed by atoms with van der Waals surface area (Å²) in [6.45, 7) is 3.11. The molecular weight excluding hydrogens is 240 g/mol. The summed E-state index contributed by atoms with van der Waals surface area (Å²) < 4.78 is 5.52. The Kier molecular flexibility index (Phi) is 4.66. The van der Waals surface area contributed by atoms with Crippen molar-refractivity contribution in [3.8, 4) is 5.75 Å². The molecule has 0 aromatic heterocycles. The van der Waals surface area contributed by atoms with Gasteiger partial charge in [-0.25, -0.2) is 0 Å². The predicted molar refractivity (Wildman–Crippen MR) is 76.0 cm³/mol. The van der Waals surface area contributed by atoms with Gasteiger partial charge in [-0.15, -0.1) is 0 Å². The fourth-order valence-electron chi connectivity index (χ4n) is 2.55. The molecule has 1 heterocycles. The highest BCUT2D eigenvalue weighted by Crippen LogP contribution is 2.20. The standard InChI is InChI=1S/C15H22N2O2/c1-2-13-5-3-4-10-17(13)15(18)11-19-14-8-6-12(16)7-9-14/h6-9,13H,2-5,10-11,16H2,1H3. The van der Waals surface area contributed by atoms with Crippen molar-refractivity contribution in [1.82, 2.24) is 4.90 Å². The number of carbonyl (C=O) groups excluding carboxylic acids is 1. The summed E-state index contributed by atoms with van der Waals surface area (Å²) >= 11 is 0. The Morgan fingerprint density at radius 2 is 2.11 bits per heavy atom. The van der Waals surface area contributed by atoms with Gasteiger partial charge in [0, 0.05) is 18.3 Å². The smallest absolute Gasteiger partial charge is 0.260 e. The van der Waals surface area contributed by atoms with Crippen molar-refractivity contribution < 1.29 is 9.53 Å². The van der Waals surface area contributed by atoms with Crippen LogP contribution in [0.5, 0.6) is 5.75 Å². The van der Waals surface area contributed by atoms with Crippen LogP contribution < -0.4 is 10.5 Å². The van der Waals surface area contributed by atoms with E-state index in [9.17, 15) is 4.79 Å². The molecule has 1 unspecified atom stereocenters. The van der Waals surface area contributed by atoms with E-state index in [1.165, 1.54) is 6.42 Å². The number of benzene rings is 1. The van der Waals surface area contributed by atoms with E-state index in [2.05, 4.69) is 6.92 Å². The van der Waals surface area contributed by atoms with Gasteiger partial charge in [-0.1, -0.05) is 6.92 Å². The van der Waals surface area contributed by atoms with Gasteiger partial charge in [-0.05, 0) is 49.9 Å². The molecule has 2 N–H and O–H groups in total. The summed E-state index contributed by atoms with van der Waals surface area (Å²) in [7, 11) is 0. The molecule has 1 aliphatic heterocycles. The van der Waals surface area contributed by atoms with Crippen LogP contribution in [0.2, 0.25) is 0 Å². The van der Waals surface area contributed by atoms with Gasteiger partial charge in [0.15, 0.2) is 6.61 Å². The number of piperidine rings is 1. The number of nitrogens with zero attached hydrogens (tertiary/aromatic N) is 1. The van der Waals surface area contributed by atoms with Crippen LogP contribution >= 0.6 is 0 Å². The van der Waals surface area contributed by atoms with Crippen LogP contribution in [0.1, 0.15) is 32.6 Å². The van der Waals surface area contributed by atoms with Gasteiger partial charge in [0.2, 0.25) is 0 Å². The van der Waals surface area contributed by atoms with Crippen LogP contribution in [0.3, 0.4) is 0 Å². The Morgan fingerprint density at radius 1 is 1.37 bits per heavy atom. The summed E-state index contributed by atoms with van der Waals surface area (Å²) in [6, 6.07) is 7.51. The molecule has 104 valence electrons. The van der Waals surface area contributed by atoms with E-state index in [0.29, 0.717) is 17.5 Å². The molecule has 1 aliphatic rings. The zero-order valence-corrected chi connectivity index (χ0v) is 11.5. The number of likely N-dealkylation sites (tertiary alicyclic amines) is 1. The molecule has 0 aliphatic carbocycles. The highest BCUT2D eigenvalue weighted by atomic mass is 16.5. The molecule has 1 atom stereocenters. The zero-order chi connectivity index (χ0) is 13.7. The molecule has 1 saturated heterocycles. The molecule has 4 nitrogen and oxygen atoms in total. The second-order valence-electron chi connectivity index (χ2n) is 5.00. The highest BCUT2D eigenvalue weighted by Gasteiger charge is 2.25. The van der Waals surface area contributed by atoms with Crippen LogP contribution in [-0.2, 0) is 4.79 Å². The third-order valence-electron chi connectivity index (χ3n) is 3.66. The van der Waals surface area contributed by atoms with Crippen LogP contribution in [0, 0.1) is 0 Å². The molecule has 0 radical (unpaired) electrons. The minimum absolute atomic E-state index is 0.0865. The lowest BCUT2D eigenvalue weighted by Gasteiger charge is -2.35. The second-order valence-corrected chi connectivity index (χ2v) is 5.00. The Balaban J connectivity index is 1.87. The van der Waals surface area contributed by atoms with E-state index in [0.717, 1.165) is 25.8 Å². The number of hydrogen-bond donors (Lipinski definition) is 1. The van der Waals surface area contributed by atoms with Crippen molar-refractivity contribution in [3.63, 3.8) is 0 Å². The van der Waals surface area contributed by atoms with Gasteiger partial charge in [-0.3, -0.25) is 4.79 Å². The van der Waals surface area contributed by atoms with Gasteiger partial charge in [0.25, 0.3) is 5.91 Å². The predicted octanol–water partition coefficient (Wildman–Crippen LogP) is 2.44. The lowest BCUT2D eigenvalue weighted by Crippen LogP contribution is -2.45. The summed E-state index contributed by atoms with van der Waals surface area (Å²) in [4.78, 5) is 14.2. The zero-order valence-electron chi connectivity index (χ0n) is 11.5. The Bertz CT molecular complexity index is 417. The maximum Gasteiger partial charge on any atom is 0.260 e. The van der Waals surface area contributed by atoms with E-state index < -0.39 is 0 Å². The number of carbonyl (C=O) groups is 1. The monoisotopic (exact) mass is 262 g/mol. The summed E-state index contributed by atoms with van der Waals surface area (Å²) in [5.74, 6) is 0.774. The molecule has 4 heteroatoms. The lowest BCUT2D eigenvalue weighted by atomic mass is 10.00. The molecule has 1 amide bonds. The average Bonchev–Trinajstić information content (AvgIpc) is 2.46. The van der Waals surface area contributed by atoms with E-state index in [4.69, 9.17) is 10.5 Å². The first-order chi connectivity index (χ1) is 9.20. The van der Waals surface area contributed by atoms with Gasteiger partial charge < -0.3 is 15.4 Å². The van der Waals surface area contributed by atoms with Crippen molar-refractivity contribution >= 4 is 11.6 Å². The first kappa shape index (κ1) is 13.7. The van der Waals surface area contributed by atoms with Gasteiger partial charge in [0.05, 0.1) is 0 Å². The van der Waals surface area contributed by atoms with Gasteiger partial charge >= 0.3 is 0 Å². The van der Waals surface area contributed by atoms with Crippen LogP contribution in [-0.4, -0.2) is 30.0 Å². The van der Waals surface area contributed by atoms with Crippen LogP contribution in [0.15, 0.2) is 24.3 Å². The number of hydrogen-bond acceptors (Lipinski definition) is 3. The van der Waals surface area contributed by atoms with E-state index >= 15 is 0 Å². The van der Waals surface area contributed by atoms with Crippen molar-refractivity contribution in [2.75, 3.05) is 18.9 Å². The van der Waals surface area contributed by atoms with Crippen molar-refractivity contribution in [2.24, 2.45) is 0 Å².